The smallest absolute Gasteiger partial charge is 0.121 e. The molecule has 0 aliphatic heterocycles. The van der Waals surface area contributed by atoms with Crippen molar-refractivity contribution in [3.8, 4) is 0 Å². The monoisotopic (exact) mass is 253 g/mol. The first-order valence-corrected chi connectivity index (χ1v) is 6.30. The summed E-state index contributed by atoms with van der Waals surface area (Å²) in [4.78, 5) is 0. The maximum atomic E-state index is 4.68. The quantitative estimate of drug-likeness (QED) is 0.776. The van der Waals surface area contributed by atoms with Crippen LogP contribution in [-0.2, 0) is 13.1 Å². The van der Waals surface area contributed by atoms with E-state index in [4.69, 9.17) is 0 Å². The van der Waals surface area contributed by atoms with E-state index in [1.54, 1.807) is 0 Å². The fourth-order valence-electron chi connectivity index (χ4n) is 2.17. The number of fused-ring (bicyclic) bond motifs is 1. The molecule has 1 aromatic heterocycles. The first kappa shape index (κ1) is 11.9. The van der Waals surface area contributed by atoms with Crippen molar-refractivity contribution in [2.24, 2.45) is 0 Å². The summed E-state index contributed by atoms with van der Waals surface area (Å²) < 4.78 is 4.68. The predicted molar refractivity (Wildman–Crippen MR) is 73.5 cm³/mol. The van der Waals surface area contributed by atoms with Crippen molar-refractivity contribution in [1.82, 2.24) is 15.6 Å². The van der Waals surface area contributed by atoms with Crippen LogP contribution in [0.5, 0.6) is 0 Å². The van der Waals surface area contributed by atoms with Gasteiger partial charge in [-0.2, -0.15) is 0 Å². The molecule has 0 saturated heterocycles. The zero-order chi connectivity index (χ0) is 13.1. The van der Waals surface area contributed by atoms with Crippen LogP contribution in [0.4, 0.5) is 0 Å². The number of aromatic nitrogens is 2. The lowest BCUT2D eigenvalue weighted by Gasteiger charge is -2.07. The molecule has 0 aliphatic carbocycles. The number of benzene rings is 2. The van der Waals surface area contributed by atoms with Crippen LogP contribution in [0.25, 0.3) is 10.8 Å². The standard InChI is InChI=1S/C15H15N3O/c1-11-15(18-19-17-11)10-16-9-13-7-4-6-12-5-2-3-8-14(12)13/h2-8,16H,9-10H2,1H3. The van der Waals surface area contributed by atoms with Crippen molar-refractivity contribution in [3.05, 3.63) is 59.4 Å². The molecule has 0 atom stereocenters. The van der Waals surface area contributed by atoms with Crippen LogP contribution in [0.3, 0.4) is 0 Å². The topological polar surface area (TPSA) is 51.0 Å². The minimum Gasteiger partial charge on any atom is -0.307 e. The summed E-state index contributed by atoms with van der Waals surface area (Å²) in [5.41, 5.74) is 2.98. The van der Waals surface area contributed by atoms with Crippen LogP contribution < -0.4 is 5.32 Å². The van der Waals surface area contributed by atoms with E-state index in [-0.39, 0.29) is 0 Å². The van der Waals surface area contributed by atoms with E-state index in [9.17, 15) is 0 Å². The van der Waals surface area contributed by atoms with Gasteiger partial charge < -0.3 is 5.32 Å². The van der Waals surface area contributed by atoms with Gasteiger partial charge in [0.2, 0.25) is 0 Å². The summed E-state index contributed by atoms with van der Waals surface area (Å²) in [6.07, 6.45) is 0. The van der Waals surface area contributed by atoms with Crippen molar-refractivity contribution >= 4 is 10.8 Å². The minimum absolute atomic E-state index is 0.665. The first-order chi connectivity index (χ1) is 9.34. The normalized spacial score (nSPS) is 11.0. The summed E-state index contributed by atoms with van der Waals surface area (Å²) in [6, 6.07) is 14.8. The minimum atomic E-state index is 0.665. The van der Waals surface area contributed by atoms with Crippen LogP contribution in [0.15, 0.2) is 47.1 Å². The van der Waals surface area contributed by atoms with E-state index in [2.05, 4.69) is 62.7 Å². The Hall–Kier alpha value is -2.20. The Labute approximate surface area is 111 Å². The average molecular weight is 253 g/mol. The van der Waals surface area contributed by atoms with Crippen molar-refractivity contribution < 1.29 is 4.63 Å². The van der Waals surface area contributed by atoms with E-state index in [1.165, 1.54) is 16.3 Å². The van der Waals surface area contributed by atoms with Gasteiger partial charge in [0, 0.05) is 13.1 Å². The van der Waals surface area contributed by atoms with E-state index in [0.717, 1.165) is 17.9 Å². The number of hydrogen-bond donors (Lipinski definition) is 1. The fraction of sp³-hybridized carbons (Fsp3) is 0.200. The van der Waals surface area contributed by atoms with Gasteiger partial charge in [0.25, 0.3) is 0 Å². The summed E-state index contributed by atoms with van der Waals surface area (Å²) >= 11 is 0. The van der Waals surface area contributed by atoms with Gasteiger partial charge in [0.1, 0.15) is 11.4 Å². The second-order valence-electron chi connectivity index (χ2n) is 4.54. The van der Waals surface area contributed by atoms with Crippen molar-refractivity contribution in [2.45, 2.75) is 20.0 Å². The summed E-state index contributed by atoms with van der Waals surface area (Å²) in [5.74, 6) is 0. The average Bonchev–Trinajstić information content (AvgIpc) is 2.85. The van der Waals surface area contributed by atoms with E-state index < -0.39 is 0 Å². The molecule has 2 aromatic carbocycles. The zero-order valence-corrected chi connectivity index (χ0v) is 10.8. The number of rotatable bonds is 4. The Kier molecular flexibility index (Phi) is 3.25. The van der Waals surface area contributed by atoms with E-state index in [0.29, 0.717) is 6.54 Å². The molecule has 4 nitrogen and oxygen atoms in total. The van der Waals surface area contributed by atoms with Crippen LogP contribution in [0.2, 0.25) is 0 Å². The van der Waals surface area contributed by atoms with Crippen LogP contribution in [0.1, 0.15) is 17.0 Å². The third-order valence-corrected chi connectivity index (χ3v) is 3.23. The Morgan fingerprint density at radius 2 is 1.84 bits per heavy atom. The Morgan fingerprint density at radius 3 is 2.68 bits per heavy atom. The van der Waals surface area contributed by atoms with Crippen molar-refractivity contribution in [2.75, 3.05) is 0 Å². The van der Waals surface area contributed by atoms with Crippen molar-refractivity contribution in [1.29, 1.82) is 0 Å². The molecule has 0 unspecified atom stereocenters. The molecular formula is C15H15N3O. The zero-order valence-electron chi connectivity index (χ0n) is 10.8. The van der Waals surface area contributed by atoms with Crippen LogP contribution in [-0.4, -0.2) is 10.3 Å². The highest BCUT2D eigenvalue weighted by atomic mass is 16.6. The lowest BCUT2D eigenvalue weighted by Crippen LogP contribution is -2.13. The molecule has 0 amide bonds. The SMILES string of the molecule is Cc1nonc1CNCc1cccc2ccccc12. The highest BCUT2D eigenvalue weighted by Gasteiger charge is 2.05. The molecule has 1 heterocycles. The lowest BCUT2D eigenvalue weighted by atomic mass is 10.0. The Bertz CT molecular complexity index is 685. The molecule has 0 spiro atoms. The maximum Gasteiger partial charge on any atom is 0.121 e. The van der Waals surface area contributed by atoms with Crippen LogP contribution >= 0.6 is 0 Å². The molecular weight excluding hydrogens is 238 g/mol. The second-order valence-corrected chi connectivity index (χ2v) is 4.54. The predicted octanol–water partition coefficient (Wildman–Crippen LogP) is 2.82. The molecule has 19 heavy (non-hydrogen) atoms. The van der Waals surface area contributed by atoms with Crippen LogP contribution in [0, 0.1) is 6.92 Å². The van der Waals surface area contributed by atoms with Gasteiger partial charge in [-0.25, -0.2) is 4.63 Å². The van der Waals surface area contributed by atoms with Crippen molar-refractivity contribution in [3.63, 3.8) is 0 Å². The van der Waals surface area contributed by atoms with Gasteiger partial charge >= 0.3 is 0 Å². The molecule has 0 fully saturated rings. The molecule has 0 saturated carbocycles. The highest BCUT2D eigenvalue weighted by molar-refractivity contribution is 5.85. The van der Waals surface area contributed by atoms with Gasteiger partial charge in [-0.1, -0.05) is 52.8 Å². The number of aryl methyl sites for hydroxylation is 1. The van der Waals surface area contributed by atoms with E-state index >= 15 is 0 Å². The van der Waals surface area contributed by atoms with Gasteiger partial charge in [-0.05, 0) is 23.3 Å². The lowest BCUT2D eigenvalue weighted by molar-refractivity contribution is 0.300. The summed E-state index contributed by atoms with van der Waals surface area (Å²) in [6.45, 7) is 3.36. The molecule has 3 rings (SSSR count). The number of hydrogen-bond acceptors (Lipinski definition) is 4. The van der Waals surface area contributed by atoms with Gasteiger partial charge in [0.15, 0.2) is 0 Å². The number of nitrogens with zero attached hydrogens (tertiary/aromatic N) is 2. The molecule has 96 valence electrons. The first-order valence-electron chi connectivity index (χ1n) is 6.30. The van der Waals surface area contributed by atoms with Gasteiger partial charge in [-0.3, -0.25) is 0 Å². The number of nitrogens with one attached hydrogen (secondary N) is 1. The molecule has 0 radical (unpaired) electrons. The highest BCUT2D eigenvalue weighted by Crippen LogP contribution is 2.18. The molecule has 3 aromatic rings. The third-order valence-electron chi connectivity index (χ3n) is 3.23. The third kappa shape index (κ3) is 2.48. The molecule has 0 bridgehead atoms. The van der Waals surface area contributed by atoms with Gasteiger partial charge in [0.05, 0.1) is 0 Å². The Morgan fingerprint density at radius 1 is 1.00 bits per heavy atom. The summed E-state index contributed by atoms with van der Waals surface area (Å²) in [7, 11) is 0. The van der Waals surface area contributed by atoms with Gasteiger partial charge in [-0.15, -0.1) is 0 Å². The fourth-order valence-corrected chi connectivity index (χ4v) is 2.17. The largest absolute Gasteiger partial charge is 0.307 e. The second kappa shape index (κ2) is 5.20. The molecule has 1 N–H and O–H groups in total. The molecule has 4 heteroatoms. The summed E-state index contributed by atoms with van der Waals surface area (Å²) in [5, 5.41) is 13.6. The van der Waals surface area contributed by atoms with E-state index in [1.807, 2.05) is 6.92 Å². The maximum absolute atomic E-state index is 4.68. The Balaban J connectivity index is 1.74. The molecule has 0 aliphatic rings.